The van der Waals surface area contributed by atoms with Gasteiger partial charge >= 0.3 is 5.97 Å². The molecular weight excluding hydrogens is 371 g/mol. The predicted octanol–water partition coefficient (Wildman–Crippen LogP) is 1.30. The average molecular weight is 386 g/mol. The number of esters is 1. The molecule has 1 aromatic carbocycles. The van der Waals surface area contributed by atoms with Gasteiger partial charge in [-0.1, -0.05) is 30.3 Å². The minimum atomic E-state index is -0.973. The SMILES string of the molecule is O=C=C(CCC(=O)OCc1ccccc1)OCN1C=C(F)C(=C=O)NC1=C=O. The second-order valence-corrected chi connectivity index (χ2v) is 5.44. The number of nitrogens with one attached hydrogen (secondary N) is 1. The average Bonchev–Trinajstić information content (AvgIpc) is 2.73. The highest BCUT2D eigenvalue weighted by Gasteiger charge is 2.22. The summed E-state index contributed by atoms with van der Waals surface area (Å²) in [6.07, 6.45) is 0.589. The minimum absolute atomic E-state index is 0.0930. The van der Waals surface area contributed by atoms with E-state index in [0.717, 1.165) is 16.7 Å². The Hall–Kier alpha value is -3.89. The lowest BCUT2D eigenvalue weighted by Crippen LogP contribution is -2.34. The number of nitrogens with zero attached hydrogens (tertiary/aromatic N) is 1. The molecular formula is C19H15FN2O6. The van der Waals surface area contributed by atoms with E-state index in [1.807, 2.05) is 18.2 Å². The largest absolute Gasteiger partial charge is 0.466 e. The summed E-state index contributed by atoms with van der Waals surface area (Å²) in [6.45, 7) is -0.342. The molecule has 0 aromatic heterocycles. The van der Waals surface area contributed by atoms with Crippen molar-refractivity contribution in [3.63, 3.8) is 0 Å². The summed E-state index contributed by atoms with van der Waals surface area (Å²) < 4.78 is 23.8. The van der Waals surface area contributed by atoms with Gasteiger partial charge in [0.1, 0.15) is 6.61 Å². The predicted molar refractivity (Wildman–Crippen MR) is 93.2 cm³/mol. The topological polar surface area (TPSA) is 102 Å². The van der Waals surface area contributed by atoms with E-state index < -0.39 is 24.2 Å². The van der Waals surface area contributed by atoms with Crippen LogP contribution in [0.3, 0.4) is 0 Å². The molecule has 1 aliphatic rings. The number of ether oxygens (including phenoxy) is 2. The lowest BCUT2D eigenvalue weighted by atomic mass is 10.2. The molecule has 144 valence electrons. The molecule has 8 nitrogen and oxygen atoms in total. The number of halogens is 1. The van der Waals surface area contributed by atoms with Crippen molar-refractivity contribution in [1.82, 2.24) is 10.2 Å². The number of benzene rings is 1. The molecule has 0 aliphatic carbocycles. The normalized spacial score (nSPS) is 12.8. The fraction of sp³-hybridized carbons (Fsp3) is 0.211. The highest BCUT2D eigenvalue weighted by molar-refractivity contribution is 5.70. The number of rotatable bonds is 8. The Labute approximate surface area is 159 Å². The Morgan fingerprint density at radius 2 is 1.82 bits per heavy atom. The van der Waals surface area contributed by atoms with E-state index in [1.165, 1.54) is 17.8 Å². The van der Waals surface area contributed by atoms with Crippen molar-refractivity contribution in [2.75, 3.05) is 6.73 Å². The van der Waals surface area contributed by atoms with Crippen molar-refractivity contribution in [1.29, 1.82) is 0 Å². The van der Waals surface area contributed by atoms with Crippen LogP contribution in [-0.2, 0) is 35.3 Å². The number of carbonyl (C=O) groups excluding carboxylic acids is 4. The second-order valence-electron chi connectivity index (χ2n) is 5.44. The fourth-order valence-electron chi connectivity index (χ4n) is 2.10. The molecule has 2 rings (SSSR count). The monoisotopic (exact) mass is 386 g/mol. The number of allylic oxidation sites excluding steroid dienone is 2. The highest BCUT2D eigenvalue weighted by Crippen LogP contribution is 2.18. The van der Waals surface area contributed by atoms with Crippen molar-refractivity contribution < 1.29 is 33.0 Å². The van der Waals surface area contributed by atoms with Gasteiger partial charge in [0, 0.05) is 12.6 Å². The molecule has 0 spiro atoms. The van der Waals surface area contributed by atoms with E-state index in [2.05, 4.69) is 5.32 Å². The molecule has 0 bridgehead atoms. The van der Waals surface area contributed by atoms with E-state index in [-0.39, 0.29) is 31.0 Å². The summed E-state index contributed by atoms with van der Waals surface area (Å²) in [4.78, 5) is 45.1. The van der Waals surface area contributed by atoms with Crippen LogP contribution in [0.15, 0.2) is 59.6 Å². The van der Waals surface area contributed by atoms with E-state index >= 15 is 0 Å². The Bertz CT molecular complexity index is 908. The molecule has 1 aromatic rings. The van der Waals surface area contributed by atoms with E-state index in [0.29, 0.717) is 0 Å². The van der Waals surface area contributed by atoms with Crippen LogP contribution in [0.5, 0.6) is 0 Å². The summed E-state index contributed by atoms with van der Waals surface area (Å²) in [7, 11) is 0. The van der Waals surface area contributed by atoms with Crippen LogP contribution in [0.2, 0.25) is 0 Å². The molecule has 0 atom stereocenters. The number of hydrogen-bond acceptors (Lipinski definition) is 8. The van der Waals surface area contributed by atoms with E-state index in [1.54, 1.807) is 12.1 Å². The van der Waals surface area contributed by atoms with E-state index in [4.69, 9.17) is 9.47 Å². The molecule has 1 N–H and O–H groups in total. The van der Waals surface area contributed by atoms with Gasteiger partial charge in [-0.25, -0.2) is 18.8 Å². The number of carbonyl (C=O) groups is 1. The van der Waals surface area contributed by atoms with Gasteiger partial charge in [-0.2, -0.15) is 0 Å². The minimum Gasteiger partial charge on any atom is -0.466 e. The first-order valence-corrected chi connectivity index (χ1v) is 8.05. The van der Waals surface area contributed by atoms with Gasteiger partial charge in [0.15, 0.2) is 41.8 Å². The first-order chi connectivity index (χ1) is 13.6. The van der Waals surface area contributed by atoms with Gasteiger partial charge in [-0.3, -0.25) is 9.69 Å². The van der Waals surface area contributed by atoms with Crippen molar-refractivity contribution in [2.24, 2.45) is 0 Å². The van der Waals surface area contributed by atoms with Crippen molar-refractivity contribution in [3.8, 4) is 0 Å². The zero-order valence-corrected chi connectivity index (χ0v) is 14.6. The lowest BCUT2D eigenvalue weighted by Gasteiger charge is -2.25. The molecule has 0 radical (unpaired) electrons. The Morgan fingerprint density at radius 3 is 2.46 bits per heavy atom. The molecule has 0 fully saturated rings. The van der Waals surface area contributed by atoms with Crippen LogP contribution in [0, 0.1) is 0 Å². The van der Waals surface area contributed by atoms with Gasteiger partial charge in [0.05, 0.1) is 6.42 Å². The highest BCUT2D eigenvalue weighted by atomic mass is 19.1. The van der Waals surface area contributed by atoms with Gasteiger partial charge in [-0.15, -0.1) is 0 Å². The first kappa shape index (κ1) is 20.4. The molecule has 1 heterocycles. The summed E-state index contributed by atoms with van der Waals surface area (Å²) in [5.41, 5.74) is 0.267. The quantitative estimate of drug-likeness (QED) is 0.405. The molecule has 0 saturated carbocycles. The summed E-state index contributed by atoms with van der Waals surface area (Å²) in [5, 5.41) is 2.18. The van der Waals surface area contributed by atoms with E-state index in [9.17, 15) is 23.6 Å². The van der Waals surface area contributed by atoms with Gasteiger partial charge < -0.3 is 14.8 Å². The van der Waals surface area contributed by atoms with Crippen molar-refractivity contribution in [3.05, 3.63) is 65.2 Å². The van der Waals surface area contributed by atoms with Crippen molar-refractivity contribution >= 4 is 23.8 Å². The van der Waals surface area contributed by atoms with Gasteiger partial charge in [-0.05, 0) is 5.56 Å². The van der Waals surface area contributed by atoms with Crippen LogP contribution in [0.25, 0.3) is 0 Å². The third-order valence-corrected chi connectivity index (χ3v) is 3.53. The third-order valence-electron chi connectivity index (χ3n) is 3.53. The molecule has 9 heteroatoms. The second kappa shape index (κ2) is 10.3. The van der Waals surface area contributed by atoms with Crippen LogP contribution in [0.1, 0.15) is 18.4 Å². The molecule has 0 saturated heterocycles. The van der Waals surface area contributed by atoms with Crippen molar-refractivity contribution in [2.45, 2.75) is 19.4 Å². The Kier molecular flexibility index (Phi) is 7.52. The van der Waals surface area contributed by atoms with Crippen LogP contribution < -0.4 is 5.32 Å². The zero-order chi connectivity index (χ0) is 20.4. The van der Waals surface area contributed by atoms with Gasteiger partial charge in [0.2, 0.25) is 5.82 Å². The summed E-state index contributed by atoms with van der Waals surface area (Å²) in [5.74, 6) is 2.27. The third kappa shape index (κ3) is 5.83. The molecule has 0 unspecified atom stereocenters. The smallest absolute Gasteiger partial charge is 0.306 e. The molecule has 0 amide bonds. The van der Waals surface area contributed by atoms with Crippen LogP contribution >= 0.6 is 0 Å². The molecule has 1 aliphatic heterocycles. The maximum atomic E-state index is 13.6. The van der Waals surface area contributed by atoms with Gasteiger partial charge in [0.25, 0.3) is 0 Å². The first-order valence-electron chi connectivity index (χ1n) is 8.05. The fourth-order valence-corrected chi connectivity index (χ4v) is 2.10. The Morgan fingerprint density at radius 1 is 1.07 bits per heavy atom. The Balaban J connectivity index is 1.83. The standard InChI is InChI=1S/C19H15FN2O6/c20-16-8-22(18(11-25)21-17(16)10-24)13-28-15(9-23)6-7-19(26)27-12-14-4-2-1-3-5-14/h1-5,8,21H,6-7,12-13H2. The number of hydrogen-bond donors (Lipinski definition) is 1. The zero-order valence-electron chi connectivity index (χ0n) is 14.6. The van der Waals surface area contributed by atoms with Crippen LogP contribution in [-0.4, -0.2) is 35.4 Å². The summed E-state index contributed by atoms with van der Waals surface area (Å²) in [6, 6.07) is 9.06. The maximum absolute atomic E-state index is 13.6. The lowest BCUT2D eigenvalue weighted by molar-refractivity contribution is -0.145. The van der Waals surface area contributed by atoms with Crippen LogP contribution in [0.4, 0.5) is 4.39 Å². The maximum Gasteiger partial charge on any atom is 0.306 e. The summed E-state index contributed by atoms with van der Waals surface area (Å²) >= 11 is 0. The molecule has 28 heavy (non-hydrogen) atoms.